The van der Waals surface area contributed by atoms with Crippen molar-refractivity contribution in [2.24, 2.45) is 5.92 Å². The van der Waals surface area contributed by atoms with Gasteiger partial charge in [-0.2, -0.15) is 0 Å². The summed E-state index contributed by atoms with van der Waals surface area (Å²) < 4.78 is 11.3. The van der Waals surface area contributed by atoms with Gasteiger partial charge < -0.3 is 24.7 Å². The zero-order chi connectivity index (χ0) is 22.9. The molecule has 2 fully saturated rings. The molecule has 2 heterocycles. The second-order valence-corrected chi connectivity index (χ2v) is 8.85. The lowest BCUT2D eigenvalue weighted by Crippen LogP contribution is -2.36. The van der Waals surface area contributed by atoms with Gasteiger partial charge in [-0.25, -0.2) is 0 Å². The third-order valence-electron chi connectivity index (χ3n) is 6.80. The molecular formula is C26H29N3O4. The predicted molar refractivity (Wildman–Crippen MR) is 126 cm³/mol. The molecule has 0 radical (unpaired) electrons. The van der Waals surface area contributed by atoms with Crippen LogP contribution in [0.2, 0.25) is 0 Å². The van der Waals surface area contributed by atoms with E-state index in [4.69, 9.17) is 9.47 Å². The zero-order valence-electron chi connectivity index (χ0n) is 19.0. The molecule has 0 bridgehead atoms. The summed E-state index contributed by atoms with van der Waals surface area (Å²) >= 11 is 0. The molecule has 172 valence electrons. The number of carbonyl (C=O) groups is 2. The van der Waals surface area contributed by atoms with Crippen LogP contribution in [0.3, 0.4) is 0 Å². The Morgan fingerprint density at radius 3 is 2.70 bits per heavy atom. The maximum absolute atomic E-state index is 13.1. The van der Waals surface area contributed by atoms with Gasteiger partial charge in [-0.3, -0.25) is 9.59 Å². The van der Waals surface area contributed by atoms with E-state index in [0.717, 1.165) is 34.9 Å². The molecular weight excluding hydrogens is 418 g/mol. The lowest BCUT2D eigenvalue weighted by atomic mass is 9.89. The summed E-state index contributed by atoms with van der Waals surface area (Å²) in [5.41, 5.74) is 3.04. The van der Waals surface area contributed by atoms with Gasteiger partial charge in [0.15, 0.2) is 11.5 Å². The number of para-hydroxylation sites is 2. The summed E-state index contributed by atoms with van der Waals surface area (Å²) in [7, 11) is 3.25. The molecule has 1 saturated carbocycles. The number of fused-ring (bicyclic) bond motifs is 1. The van der Waals surface area contributed by atoms with Crippen molar-refractivity contribution in [2.75, 3.05) is 27.3 Å². The van der Waals surface area contributed by atoms with Gasteiger partial charge in [0.2, 0.25) is 11.8 Å². The van der Waals surface area contributed by atoms with Crippen molar-refractivity contribution in [3.05, 3.63) is 59.8 Å². The van der Waals surface area contributed by atoms with Crippen molar-refractivity contribution >= 4 is 22.7 Å². The number of amides is 2. The molecule has 7 heteroatoms. The van der Waals surface area contributed by atoms with Crippen molar-refractivity contribution in [1.82, 2.24) is 15.2 Å². The molecule has 7 nitrogen and oxygen atoms in total. The Bertz CT molecular complexity index is 1180. The smallest absolute Gasteiger partial charge is 0.225 e. The van der Waals surface area contributed by atoms with Crippen LogP contribution in [0.4, 0.5) is 0 Å². The minimum atomic E-state index is -0.297. The molecule has 3 aromatic rings. The summed E-state index contributed by atoms with van der Waals surface area (Å²) in [5, 5.41) is 4.23. The molecule has 2 atom stereocenters. The normalized spacial score (nSPS) is 19.0. The third-order valence-corrected chi connectivity index (χ3v) is 6.80. The van der Waals surface area contributed by atoms with E-state index >= 15 is 0 Å². The van der Waals surface area contributed by atoms with Crippen LogP contribution in [0, 0.1) is 5.92 Å². The number of carbonyl (C=O) groups excluding carboxylic acids is 2. The Morgan fingerprint density at radius 2 is 1.94 bits per heavy atom. The molecule has 33 heavy (non-hydrogen) atoms. The molecule has 2 aliphatic rings. The number of nitrogens with zero attached hydrogens (tertiary/aromatic N) is 1. The number of rotatable bonds is 8. The van der Waals surface area contributed by atoms with Gasteiger partial charge in [0, 0.05) is 54.1 Å². The second-order valence-electron chi connectivity index (χ2n) is 8.85. The standard InChI is InChI=1S/C26H29N3O4/c1-32-23-9-5-7-19(25(23)33-2)21(20-13-27-22-8-4-3-6-18(20)22)14-28-26(31)16-12-24(30)29(15-16)17-10-11-17/h3-9,13,16-17,21,27H,10-12,14-15H2,1-2H3,(H,28,31)/t16-,21-/m1/s1. The van der Waals surface area contributed by atoms with Crippen LogP contribution in [0.1, 0.15) is 36.3 Å². The number of methoxy groups -OCH3 is 2. The average Bonchev–Trinajstić information content (AvgIpc) is 3.48. The van der Waals surface area contributed by atoms with E-state index in [1.807, 2.05) is 47.5 Å². The van der Waals surface area contributed by atoms with Gasteiger partial charge in [-0.15, -0.1) is 0 Å². The van der Waals surface area contributed by atoms with E-state index in [9.17, 15) is 9.59 Å². The Hall–Kier alpha value is -3.48. The number of H-pyrrole nitrogens is 1. The van der Waals surface area contributed by atoms with E-state index in [-0.39, 0.29) is 23.7 Å². The van der Waals surface area contributed by atoms with E-state index in [0.29, 0.717) is 37.1 Å². The molecule has 1 aliphatic heterocycles. The molecule has 1 saturated heterocycles. The Labute approximate surface area is 193 Å². The van der Waals surface area contributed by atoms with Crippen molar-refractivity contribution in [3.8, 4) is 11.5 Å². The predicted octanol–water partition coefficient (Wildman–Crippen LogP) is 3.44. The van der Waals surface area contributed by atoms with Crippen molar-refractivity contribution in [2.45, 2.75) is 31.2 Å². The number of benzene rings is 2. The van der Waals surface area contributed by atoms with Crippen LogP contribution in [0.25, 0.3) is 10.9 Å². The second kappa shape index (κ2) is 8.81. The number of aromatic nitrogens is 1. The summed E-state index contributed by atoms with van der Waals surface area (Å²) in [6, 6.07) is 14.3. The highest BCUT2D eigenvalue weighted by molar-refractivity contribution is 5.90. The third kappa shape index (κ3) is 4.03. The molecule has 0 unspecified atom stereocenters. The van der Waals surface area contributed by atoms with Gasteiger partial charge in [0.05, 0.1) is 20.1 Å². The quantitative estimate of drug-likeness (QED) is 0.554. The molecule has 5 rings (SSSR count). The lowest BCUT2D eigenvalue weighted by molar-refractivity contribution is -0.129. The van der Waals surface area contributed by atoms with Gasteiger partial charge >= 0.3 is 0 Å². The van der Waals surface area contributed by atoms with Crippen LogP contribution in [-0.4, -0.2) is 55.0 Å². The minimum absolute atomic E-state index is 0.0711. The summed E-state index contributed by atoms with van der Waals surface area (Å²) in [6.07, 6.45) is 4.40. The van der Waals surface area contributed by atoms with Crippen LogP contribution in [-0.2, 0) is 9.59 Å². The Balaban J connectivity index is 1.44. The first-order valence-corrected chi connectivity index (χ1v) is 11.4. The summed E-state index contributed by atoms with van der Waals surface area (Å²) in [5.74, 6) is 0.868. The highest BCUT2D eigenvalue weighted by Crippen LogP contribution is 2.40. The maximum Gasteiger partial charge on any atom is 0.225 e. The van der Waals surface area contributed by atoms with Crippen molar-refractivity contribution in [1.29, 1.82) is 0 Å². The largest absolute Gasteiger partial charge is 0.493 e. The molecule has 1 aliphatic carbocycles. The lowest BCUT2D eigenvalue weighted by Gasteiger charge is -2.22. The van der Waals surface area contributed by atoms with E-state index < -0.39 is 0 Å². The first kappa shape index (κ1) is 21.4. The van der Waals surface area contributed by atoms with Crippen molar-refractivity contribution < 1.29 is 19.1 Å². The molecule has 0 spiro atoms. The first-order valence-electron chi connectivity index (χ1n) is 11.4. The number of hydrogen-bond donors (Lipinski definition) is 2. The molecule has 2 N–H and O–H groups in total. The van der Waals surface area contributed by atoms with E-state index in [2.05, 4.69) is 16.4 Å². The number of aromatic amines is 1. The van der Waals surface area contributed by atoms with Crippen molar-refractivity contribution in [3.63, 3.8) is 0 Å². The van der Waals surface area contributed by atoms with Gasteiger partial charge in [0.1, 0.15) is 0 Å². The monoisotopic (exact) mass is 447 g/mol. The Kier molecular flexibility index (Phi) is 5.70. The molecule has 2 aromatic carbocycles. The van der Waals surface area contributed by atoms with Crippen LogP contribution in [0.5, 0.6) is 11.5 Å². The minimum Gasteiger partial charge on any atom is -0.493 e. The van der Waals surface area contributed by atoms with Crippen LogP contribution in [0.15, 0.2) is 48.7 Å². The number of ether oxygens (including phenoxy) is 2. The Morgan fingerprint density at radius 1 is 1.12 bits per heavy atom. The summed E-state index contributed by atoms with van der Waals surface area (Å²) in [4.78, 5) is 30.6. The van der Waals surface area contributed by atoms with E-state index in [1.165, 1.54) is 0 Å². The fourth-order valence-electron chi connectivity index (χ4n) is 4.95. The van der Waals surface area contributed by atoms with Crippen LogP contribution < -0.4 is 14.8 Å². The highest BCUT2D eigenvalue weighted by atomic mass is 16.5. The first-order chi connectivity index (χ1) is 16.1. The van der Waals surface area contributed by atoms with Gasteiger partial charge in [-0.05, 0) is 30.5 Å². The SMILES string of the molecule is COc1cccc([C@@H](CNC(=O)[C@@H]2CC(=O)N(C3CC3)C2)c2c[nH]c3ccccc23)c1OC. The van der Waals surface area contributed by atoms with Gasteiger partial charge in [0.25, 0.3) is 0 Å². The number of likely N-dealkylation sites (tertiary alicyclic amines) is 1. The summed E-state index contributed by atoms with van der Waals surface area (Å²) in [6.45, 7) is 0.911. The fourth-order valence-corrected chi connectivity index (χ4v) is 4.95. The fraction of sp³-hybridized carbons (Fsp3) is 0.385. The molecule has 1 aromatic heterocycles. The van der Waals surface area contributed by atoms with E-state index in [1.54, 1.807) is 14.2 Å². The number of hydrogen-bond acceptors (Lipinski definition) is 4. The van der Waals surface area contributed by atoms with Gasteiger partial charge in [-0.1, -0.05) is 30.3 Å². The topological polar surface area (TPSA) is 83.7 Å². The maximum atomic E-state index is 13.1. The average molecular weight is 448 g/mol. The van der Waals surface area contributed by atoms with Crippen LogP contribution >= 0.6 is 0 Å². The highest BCUT2D eigenvalue weighted by Gasteiger charge is 2.41. The molecule has 2 amide bonds. The number of nitrogens with one attached hydrogen (secondary N) is 2. The zero-order valence-corrected chi connectivity index (χ0v) is 19.0.